The molecule has 1 aliphatic carbocycles. The summed E-state index contributed by atoms with van der Waals surface area (Å²) in [4.78, 5) is 24.7. The van der Waals surface area contributed by atoms with Crippen LogP contribution in [0.25, 0.3) is 0 Å². The van der Waals surface area contributed by atoms with Crippen molar-refractivity contribution in [3.05, 3.63) is 0 Å². The van der Waals surface area contributed by atoms with Crippen LogP contribution in [0.15, 0.2) is 0 Å². The van der Waals surface area contributed by atoms with Crippen molar-refractivity contribution in [2.45, 2.75) is 63.1 Å². The number of hydrogen-bond acceptors (Lipinski definition) is 6. The van der Waals surface area contributed by atoms with Crippen LogP contribution in [-0.2, 0) is 24.0 Å². The maximum absolute atomic E-state index is 11.6. The molecule has 5 atom stereocenters. The van der Waals surface area contributed by atoms with Gasteiger partial charge < -0.3 is 19.1 Å². The highest BCUT2D eigenvalue weighted by Gasteiger charge is 2.63. The first-order valence-electron chi connectivity index (χ1n) is 8.83. The molecule has 1 saturated carbocycles. The Hall–Kier alpha value is -0.890. The number of amides is 1. The van der Waals surface area contributed by atoms with Gasteiger partial charge in [-0.1, -0.05) is 6.42 Å². The van der Waals surface area contributed by atoms with Crippen molar-refractivity contribution in [2.75, 3.05) is 27.8 Å². The molecule has 0 aromatic heterocycles. The van der Waals surface area contributed by atoms with Crippen molar-refractivity contribution < 1.29 is 28.8 Å². The standard InChI is InChI=1S/C17H29NO6/c1-16-10-8-12-6-5-7-13(9-11-21-15(19)18(2)3)17(12,24-23-16)14(20-4)22-16/h12-14H,5-11H2,1-4H3/t12-,13+,14-,16-,17-/m1/s1. The van der Waals surface area contributed by atoms with Crippen LogP contribution in [0.4, 0.5) is 4.79 Å². The lowest BCUT2D eigenvalue weighted by molar-refractivity contribution is -0.554. The van der Waals surface area contributed by atoms with E-state index in [1.54, 1.807) is 21.2 Å². The summed E-state index contributed by atoms with van der Waals surface area (Å²) < 4.78 is 17.1. The van der Waals surface area contributed by atoms with Crippen LogP contribution in [0.1, 0.15) is 45.4 Å². The van der Waals surface area contributed by atoms with Gasteiger partial charge in [0.15, 0.2) is 11.9 Å². The summed E-state index contributed by atoms with van der Waals surface area (Å²) in [6.07, 6.45) is 4.91. The number of fused-ring (bicyclic) bond motifs is 3. The molecule has 24 heavy (non-hydrogen) atoms. The summed E-state index contributed by atoms with van der Waals surface area (Å²) in [6.45, 7) is 2.25. The normalized spacial score (nSPS) is 41.4. The van der Waals surface area contributed by atoms with Gasteiger partial charge in [-0.2, -0.15) is 0 Å². The Kier molecular flexibility index (Phi) is 5.06. The molecule has 1 amide bonds. The average Bonchev–Trinajstić information content (AvgIpc) is 2.79. The Morgan fingerprint density at radius 3 is 2.75 bits per heavy atom. The van der Waals surface area contributed by atoms with Gasteiger partial charge in [-0.15, -0.1) is 0 Å². The smallest absolute Gasteiger partial charge is 0.409 e. The quantitative estimate of drug-likeness (QED) is 0.731. The first kappa shape index (κ1) is 17.9. The SMILES string of the molecule is CO[C@@H]1O[C@@]2(C)CC[C@H]3CCC[C@@H](CCOC(=O)N(C)C)[C@]31OO2. The Morgan fingerprint density at radius 1 is 1.25 bits per heavy atom. The van der Waals surface area contributed by atoms with E-state index in [1.165, 1.54) is 4.90 Å². The lowest BCUT2D eigenvalue weighted by Gasteiger charge is -2.53. The summed E-state index contributed by atoms with van der Waals surface area (Å²) in [5.41, 5.74) is -0.618. The lowest BCUT2D eigenvalue weighted by Crippen LogP contribution is -2.63. The summed E-state index contributed by atoms with van der Waals surface area (Å²) in [5, 5.41) is 0. The Balaban J connectivity index is 1.75. The number of rotatable bonds is 4. The zero-order valence-corrected chi connectivity index (χ0v) is 15.1. The van der Waals surface area contributed by atoms with Crippen molar-refractivity contribution in [3.8, 4) is 0 Å². The summed E-state index contributed by atoms with van der Waals surface area (Å²) in [5.74, 6) is -0.250. The van der Waals surface area contributed by atoms with Gasteiger partial charge in [0.25, 0.3) is 0 Å². The van der Waals surface area contributed by atoms with Gasteiger partial charge in [-0.25, -0.2) is 14.6 Å². The molecule has 0 radical (unpaired) electrons. The molecule has 138 valence electrons. The van der Waals surface area contributed by atoms with Crippen LogP contribution in [0.5, 0.6) is 0 Å². The molecule has 3 heterocycles. The van der Waals surface area contributed by atoms with E-state index in [2.05, 4.69) is 0 Å². The molecule has 4 rings (SSSR count). The van der Waals surface area contributed by atoms with Crippen LogP contribution < -0.4 is 0 Å². The minimum absolute atomic E-state index is 0.166. The number of hydrogen-bond donors (Lipinski definition) is 0. The molecule has 4 aliphatic rings. The molecule has 0 aromatic rings. The third-order valence-corrected chi connectivity index (χ3v) is 5.69. The Morgan fingerprint density at radius 2 is 2.04 bits per heavy atom. The fourth-order valence-electron chi connectivity index (χ4n) is 4.38. The first-order valence-corrected chi connectivity index (χ1v) is 8.83. The molecule has 1 spiro atoms. The highest BCUT2D eigenvalue weighted by molar-refractivity contribution is 5.66. The number of carbonyl (C=O) groups is 1. The summed E-state index contributed by atoms with van der Waals surface area (Å²) >= 11 is 0. The molecular weight excluding hydrogens is 314 g/mol. The summed E-state index contributed by atoms with van der Waals surface area (Å²) in [6, 6.07) is 0. The van der Waals surface area contributed by atoms with E-state index in [0.29, 0.717) is 18.9 Å². The van der Waals surface area contributed by atoms with Gasteiger partial charge in [0, 0.05) is 27.6 Å². The monoisotopic (exact) mass is 343 g/mol. The minimum Gasteiger partial charge on any atom is -0.449 e. The fourth-order valence-corrected chi connectivity index (χ4v) is 4.38. The van der Waals surface area contributed by atoms with E-state index < -0.39 is 17.7 Å². The Bertz CT molecular complexity index is 472. The third-order valence-electron chi connectivity index (χ3n) is 5.69. The molecular formula is C17H29NO6. The zero-order chi connectivity index (χ0) is 17.4. The van der Waals surface area contributed by atoms with Gasteiger partial charge in [-0.3, -0.25) is 0 Å². The largest absolute Gasteiger partial charge is 0.449 e. The molecule has 4 fully saturated rings. The van der Waals surface area contributed by atoms with Crippen LogP contribution in [0, 0.1) is 11.8 Å². The molecule has 0 unspecified atom stereocenters. The molecule has 3 saturated heterocycles. The van der Waals surface area contributed by atoms with E-state index >= 15 is 0 Å². The molecule has 3 aliphatic heterocycles. The first-order chi connectivity index (χ1) is 11.4. The predicted octanol–water partition coefficient (Wildman–Crippen LogP) is 2.69. The van der Waals surface area contributed by atoms with E-state index in [0.717, 1.165) is 32.1 Å². The molecule has 7 heteroatoms. The van der Waals surface area contributed by atoms with Gasteiger partial charge in [-0.05, 0) is 44.4 Å². The van der Waals surface area contributed by atoms with Gasteiger partial charge in [0.1, 0.15) is 0 Å². The van der Waals surface area contributed by atoms with Gasteiger partial charge in [0.05, 0.1) is 6.61 Å². The average molecular weight is 343 g/mol. The summed E-state index contributed by atoms with van der Waals surface area (Å²) in [7, 11) is 5.01. The Labute approximate surface area is 143 Å². The van der Waals surface area contributed by atoms with E-state index in [1.807, 2.05) is 6.92 Å². The molecule has 7 nitrogen and oxygen atoms in total. The van der Waals surface area contributed by atoms with Crippen molar-refractivity contribution in [3.63, 3.8) is 0 Å². The highest BCUT2D eigenvalue weighted by Crippen LogP contribution is 2.55. The molecule has 0 N–H and O–H groups in total. The maximum Gasteiger partial charge on any atom is 0.409 e. The number of nitrogens with zero attached hydrogens (tertiary/aromatic N) is 1. The number of carbonyl (C=O) groups excluding carboxylic acids is 1. The van der Waals surface area contributed by atoms with Crippen LogP contribution in [-0.4, -0.2) is 56.5 Å². The maximum atomic E-state index is 11.6. The predicted molar refractivity (Wildman–Crippen MR) is 84.9 cm³/mol. The second kappa shape index (κ2) is 6.78. The van der Waals surface area contributed by atoms with Crippen LogP contribution in [0.3, 0.4) is 0 Å². The van der Waals surface area contributed by atoms with Crippen molar-refractivity contribution in [1.29, 1.82) is 0 Å². The second-order valence-electron chi connectivity index (χ2n) is 7.50. The third kappa shape index (κ3) is 3.03. The minimum atomic E-state index is -0.745. The van der Waals surface area contributed by atoms with E-state index in [4.69, 9.17) is 24.0 Å². The van der Waals surface area contributed by atoms with E-state index in [9.17, 15) is 4.79 Å². The molecule has 2 bridgehead atoms. The molecule has 0 aromatic carbocycles. The lowest BCUT2D eigenvalue weighted by atomic mass is 9.65. The van der Waals surface area contributed by atoms with Crippen LogP contribution >= 0.6 is 0 Å². The van der Waals surface area contributed by atoms with Crippen LogP contribution in [0.2, 0.25) is 0 Å². The zero-order valence-electron chi connectivity index (χ0n) is 15.1. The van der Waals surface area contributed by atoms with E-state index in [-0.39, 0.29) is 12.0 Å². The van der Waals surface area contributed by atoms with Crippen molar-refractivity contribution >= 4 is 6.09 Å². The fraction of sp³-hybridized carbons (Fsp3) is 0.941. The number of ether oxygens (including phenoxy) is 3. The highest BCUT2D eigenvalue weighted by atomic mass is 17.3. The van der Waals surface area contributed by atoms with Gasteiger partial charge in [0.2, 0.25) is 5.79 Å². The van der Waals surface area contributed by atoms with Gasteiger partial charge >= 0.3 is 6.09 Å². The second-order valence-corrected chi connectivity index (χ2v) is 7.50. The topological polar surface area (TPSA) is 66.5 Å². The number of methoxy groups -OCH3 is 1. The van der Waals surface area contributed by atoms with Crippen molar-refractivity contribution in [1.82, 2.24) is 4.90 Å². The van der Waals surface area contributed by atoms with Crippen molar-refractivity contribution in [2.24, 2.45) is 11.8 Å².